The molecule has 0 N–H and O–H groups in total. The third-order valence-electron chi connectivity index (χ3n) is 4.76. The molecule has 154 valence electrons. The molecule has 0 amide bonds. The fraction of sp³-hybridized carbons (Fsp3) is 0.0952. The van der Waals surface area contributed by atoms with Gasteiger partial charge >= 0.3 is 5.97 Å². The molecule has 0 saturated heterocycles. The molecular formula is C21H14FN5O3S. The molecule has 0 aliphatic heterocycles. The Morgan fingerprint density at radius 3 is 2.71 bits per heavy atom. The number of halogens is 1. The molecule has 8 nitrogen and oxygen atoms in total. The van der Waals surface area contributed by atoms with Crippen molar-refractivity contribution in [2.75, 3.05) is 0 Å². The molecule has 0 fully saturated rings. The number of carbonyl (C=O) groups is 1. The van der Waals surface area contributed by atoms with E-state index in [1.54, 1.807) is 47.1 Å². The van der Waals surface area contributed by atoms with Crippen LogP contribution < -0.4 is 5.56 Å². The Morgan fingerprint density at radius 1 is 1.13 bits per heavy atom. The summed E-state index contributed by atoms with van der Waals surface area (Å²) in [7, 11) is 0. The van der Waals surface area contributed by atoms with E-state index in [-0.39, 0.29) is 12.5 Å². The summed E-state index contributed by atoms with van der Waals surface area (Å²) in [4.78, 5) is 26.2. The van der Waals surface area contributed by atoms with Gasteiger partial charge in [-0.15, -0.1) is 16.4 Å². The van der Waals surface area contributed by atoms with Gasteiger partial charge in [0.05, 0.1) is 16.8 Å². The summed E-state index contributed by atoms with van der Waals surface area (Å²) in [5.74, 6) is -0.931. The van der Waals surface area contributed by atoms with E-state index in [0.717, 1.165) is 20.6 Å². The predicted octanol–water partition coefficient (Wildman–Crippen LogP) is 3.45. The molecule has 5 aromatic rings. The summed E-state index contributed by atoms with van der Waals surface area (Å²) in [6, 6.07) is 14.4. The molecule has 31 heavy (non-hydrogen) atoms. The first kappa shape index (κ1) is 19.1. The Labute approximate surface area is 178 Å². The zero-order valence-corrected chi connectivity index (χ0v) is 17.0. The maximum Gasteiger partial charge on any atom is 0.350 e. The third kappa shape index (κ3) is 3.36. The van der Waals surface area contributed by atoms with Crippen molar-refractivity contribution in [3.05, 3.63) is 81.3 Å². The van der Waals surface area contributed by atoms with Crippen LogP contribution >= 0.6 is 11.3 Å². The molecule has 3 heterocycles. The summed E-state index contributed by atoms with van der Waals surface area (Å²) in [5, 5.41) is 13.4. The van der Waals surface area contributed by atoms with Crippen LogP contribution in [0.3, 0.4) is 0 Å². The van der Waals surface area contributed by atoms with E-state index in [2.05, 4.69) is 15.4 Å². The standard InChI is InChI=1S/C21H14FN5O3S/c1-12-16-10-18(31-20(16)27(24-12)14-8-6-13(22)7-9-14)21(29)30-11-26-19(28)15-4-2-3-5-17(15)23-25-26/h2-10H,11H2,1H3. The number of rotatable bonds is 4. The van der Waals surface area contributed by atoms with Crippen LogP contribution in [-0.2, 0) is 11.5 Å². The zero-order valence-electron chi connectivity index (χ0n) is 16.2. The lowest BCUT2D eigenvalue weighted by atomic mass is 10.2. The fourth-order valence-electron chi connectivity index (χ4n) is 3.20. The monoisotopic (exact) mass is 435 g/mol. The number of fused-ring (bicyclic) bond motifs is 2. The summed E-state index contributed by atoms with van der Waals surface area (Å²) in [6.07, 6.45) is 0. The van der Waals surface area contributed by atoms with Crippen molar-refractivity contribution in [1.29, 1.82) is 0 Å². The van der Waals surface area contributed by atoms with Gasteiger partial charge in [0.25, 0.3) is 5.56 Å². The number of aromatic nitrogens is 5. The van der Waals surface area contributed by atoms with E-state index in [1.165, 1.54) is 23.5 Å². The molecule has 2 aromatic carbocycles. The second-order valence-corrected chi connectivity index (χ2v) is 7.81. The molecule has 0 unspecified atom stereocenters. The van der Waals surface area contributed by atoms with Gasteiger partial charge in [-0.1, -0.05) is 17.3 Å². The minimum Gasteiger partial charge on any atom is -0.438 e. The molecule has 10 heteroatoms. The van der Waals surface area contributed by atoms with Crippen molar-refractivity contribution < 1.29 is 13.9 Å². The van der Waals surface area contributed by atoms with E-state index in [4.69, 9.17) is 4.74 Å². The number of thiophene rings is 1. The van der Waals surface area contributed by atoms with E-state index < -0.39 is 11.5 Å². The first-order valence-electron chi connectivity index (χ1n) is 9.26. The smallest absolute Gasteiger partial charge is 0.350 e. The minimum atomic E-state index is -0.590. The Hall–Kier alpha value is -3.92. The van der Waals surface area contributed by atoms with Crippen LogP contribution in [0.25, 0.3) is 26.8 Å². The molecule has 0 aliphatic carbocycles. The number of ether oxygens (including phenoxy) is 1. The second-order valence-electron chi connectivity index (χ2n) is 6.78. The topological polar surface area (TPSA) is 91.9 Å². The van der Waals surface area contributed by atoms with Crippen molar-refractivity contribution in [3.63, 3.8) is 0 Å². The summed E-state index contributed by atoms with van der Waals surface area (Å²) in [6.45, 7) is 1.47. The summed E-state index contributed by atoms with van der Waals surface area (Å²) < 4.78 is 21.2. The average Bonchev–Trinajstić information content (AvgIpc) is 3.35. The maximum atomic E-state index is 13.2. The quantitative estimate of drug-likeness (QED) is 0.402. The fourth-order valence-corrected chi connectivity index (χ4v) is 4.28. The first-order chi connectivity index (χ1) is 15.0. The molecule has 0 aliphatic rings. The van der Waals surface area contributed by atoms with Crippen LogP contribution in [0.1, 0.15) is 15.4 Å². The van der Waals surface area contributed by atoms with Gasteiger partial charge in [0.15, 0.2) is 6.73 Å². The van der Waals surface area contributed by atoms with Crippen LogP contribution in [0.5, 0.6) is 0 Å². The number of hydrogen-bond acceptors (Lipinski definition) is 7. The van der Waals surface area contributed by atoms with Crippen molar-refractivity contribution in [2.24, 2.45) is 0 Å². The van der Waals surface area contributed by atoms with Gasteiger partial charge in [0, 0.05) is 5.39 Å². The van der Waals surface area contributed by atoms with Gasteiger partial charge in [0.2, 0.25) is 0 Å². The van der Waals surface area contributed by atoms with Crippen molar-refractivity contribution >= 4 is 38.4 Å². The lowest BCUT2D eigenvalue weighted by Gasteiger charge is -2.05. The predicted molar refractivity (Wildman–Crippen MR) is 113 cm³/mol. The Bertz CT molecular complexity index is 1500. The normalized spacial score (nSPS) is 11.3. The Morgan fingerprint density at radius 2 is 1.90 bits per heavy atom. The van der Waals surface area contributed by atoms with Gasteiger partial charge in [-0.3, -0.25) is 4.79 Å². The van der Waals surface area contributed by atoms with Crippen LogP contribution in [0.2, 0.25) is 0 Å². The first-order valence-corrected chi connectivity index (χ1v) is 10.1. The maximum absolute atomic E-state index is 13.2. The number of carbonyl (C=O) groups excluding carboxylic acids is 1. The number of hydrogen-bond donors (Lipinski definition) is 0. The molecule has 0 bridgehead atoms. The highest BCUT2D eigenvalue weighted by Crippen LogP contribution is 2.30. The Balaban J connectivity index is 1.42. The average molecular weight is 435 g/mol. The van der Waals surface area contributed by atoms with Crippen molar-refractivity contribution in [2.45, 2.75) is 13.7 Å². The van der Waals surface area contributed by atoms with Gasteiger partial charge in [-0.2, -0.15) is 9.78 Å². The molecule has 3 aromatic heterocycles. The number of nitrogens with zero attached hydrogens (tertiary/aromatic N) is 5. The van der Waals surface area contributed by atoms with Crippen LogP contribution in [0, 0.1) is 12.7 Å². The highest BCUT2D eigenvalue weighted by Gasteiger charge is 2.19. The van der Waals surface area contributed by atoms with Gasteiger partial charge in [-0.25, -0.2) is 13.9 Å². The largest absolute Gasteiger partial charge is 0.438 e. The lowest BCUT2D eigenvalue weighted by molar-refractivity contribution is 0.0342. The molecule has 0 saturated carbocycles. The number of esters is 1. The van der Waals surface area contributed by atoms with E-state index in [0.29, 0.717) is 21.5 Å². The SMILES string of the molecule is Cc1nn(-c2ccc(F)cc2)c2sc(C(=O)OCn3nnc4ccccc4c3=O)cc12. The van der Waals surface area contributed by atoms with Gasteiger partial charge in [0.1, 0.15) is 21.0 Å². The highest BCUT2D eigenvalue weighted by molar-refractivity contribution is 7.20. The summed E-state index contributed by atoms with van der Waals surface area (Å²) >= 11 is 1.20. The van der Waals surface area contributed by atoms with Crippen molar-refractivity contribution in [3.8, 4) is 5.69 Å². The molecule has 0 spiro atoms. The zero-order chi connectivity index (χ0) is 21.5. The van der Waals surface area contributed by atoms with Crippen LogP contribution in [-0.4, -0.2) is 30.7 Å². The van der Waals surface area contributed by atoms with E-state index in [1.807, 2.05) is 6.92 Å². The van der Waals surface area contributed by atoms with E-state index >= 15 is 0 Å². The lowest BCUT2D eigenvalue weighted by Crippen LogP contribution is -2.26. The minimum absolute atomic E-state index is 0.341. The second kappa shape index (κ2) is 7.40. The van der Waals surface area contributed by atoms with Crippen LogP contribution in [0.15, 0.2) is 59.4 Å². The van der Waals surface area contributed by atoms with Crippen molar-refractivity contribution in [1.82, 2.24) is 24.8 Å². The number of benzene rings is 2. The molecule has 0 radical (unpaired) electrons. The molecular weight excluding hydrogens is 421 g/mol. The van der Waals surface area contributed by atoms with Gasteiger partial charge in [-0.05, 0) is 49.4 Å². The Kier molecular flexibility index (Phi) is 4.55. The van der Waals surface area contributed by atoms with E-state index in [9.17, 15) is 14.0 Å². The third-order valence-corrected chi connectivity index (χ3v) is 5.85. The highest BCUT2D eigenvalue weighted by atomic mass is 32.1. The van der Waals surface area contributed by atoms with Crippen LogP contribution in [0.4, 0.5) is 4.39 Å². The van der Waals surface area contributed by atoms with Gasteiger partial charge < -0.3 is 4.74 Å². The molecule has 5 rings (SSSR count). The summed E-state index contributed by atoms with van der Waals surface area (Å²) in [5.41, 5.74) is 1.49. The number of aryl methyl sites for hydroxylation is 1. The molecule has 0 atom stereocenters.